The van der Waals surface area contributed by atoms with E-state index in [4.69, 9.17) is 0 Å². The number of hydrogen-bond donors (Lipinski definition) is 2. The van der Waals surface area contributed by atoms with Crippen molar-refractivity contribution in [3.63, 3.8) is 0 Å². The van der Waals surface area contributed by atoms with Crippen LogP contribution in [0.5, 0.6) is 0 Å². The third-order valence-electron chi connectivity index (χ3n) is 5.74. The van der Waals surface area contributed by atoms with Crippen molar-refractivity contribution in [3.05, 3.63) is 59.9 Å². The lowest BCUT2D eigenvalue weighted by molar-refractivity contribution is -0.122. The van der Waals surface area contributed by atoms with Crippen molar-refractivity contribution in [2.24, 2.45) is 5.92 Å². The smallest absolute Gasteiger partial charge is 0.293 e. The summed E-state index contributed by atoms with van der Waals surface area (Å²) < 4.78 is 0. The first-order valence-corrected chi connectivity index (χ1v) is 10.9. The molecule has 2 fully saturated rings. The lowest BCUT2D eigenvalue weighted by atomic mass is 10.1. The van der Waals surface area contributed by atoms with Crippen LogP contribution in [0, 0.1) is 12.8 Å². The first-order valence-electron chi connectivity index (χ1n) is 10.9. The molecule has 10 heteroatoms. The van der Waals surface area contributed by atoms with Crippen molar-refractivity contribution < 1.29 is 14.4 Å². The zero-order chi connectivity index (χ0) is 22.9. The van der Waals surface area contributed by atoms with E-state index in [0.717, 1.165) is 24.1 Å². The van der Waals surface area contributed by atoms with Crippen LogP contribution in [0.25, 0.3) is 5.69 Å². The standard InChI is InChI=1S/C23H23N7O3/c1-14-2-8-18(9-3-14)29-13-15(12-20(29)31)22(32)24-17-6-10-19(11-7-17)30-27-21(26-28-30)23(33)25-16-4-5-16/h2-3,6-11,15-16H,4-5,12-13H2,1H3,(H,24,32)(H,25,33)/t15-/m1/s1. The number of anilines is 2. The van der Waals surface area contributed by atoms with E-state index in [-0.39, 0.29) is 36.0 Å². The highest BCUT2D eigenvalue weighted by molar-refractivity contribution is 6.03. The number of carbonyl (C=O) groups is 3. The minimum Gasteiger partial charge on any atom is -0.346 e. The normalized spacial score (nSPS) is 17.8. The number of carbonyl (C=O) groups excluding carboxylic acids is 3. The van der Waals surface area contributed by atoms with E-state index in [2.05, 4.69) is 26.0 Å². The number of rotatable bonds is 6. The Morgan fingerprint density at radius 3 is 2.39 bits per heavy atom. The number of aromatic nitrogens is 4. The summed E-state index contributed by atoms with van der Waals surface area (Å²) in [5, 5.41) is 17.5. The molecule has 1 saturated heterocycles. The van der Waals surface area contributed by atoms with Gasteiger partial charge in [0.05, 0.1) is 11.6 Å². The van der Waals surface area contributed by atoms with Gasteiger partial charge < -0.3 is 15.5 Å². The number of benzene rings is 2. The molecule has 1 saturated carbocycles. The molecule has 33 heavy (non-hydrogen) atoms. The second-order valence-corrected chi connectivity index (χ2v) is 8.43. The molecule has 1 atom stereocenters. The van der Waals surface area contributed by atoms with E-state index in [9.17, 15) is 14.4 Å². The van der Waals surface area contributed by atoms with Gasteiger partial charge in [-0.05, 0) is 61.4 Å². The molecule has 2 N–H and O–H groups in total. The summed E-state index contributed by atoms with van der Waals surface area (Å²) in [6.07, 6.45) is 2.13. The first kappa shape index (κ1) is 20.8. The van der Waals surface area contributed by atoms with Crippen LogP contribution < -0.4 is 15.5 Å². The minimum atomic E-state index is -0.428. The predicted octanol–water partition coefficient (Wildman–Crippen LogP) is 1.85. The summed E-state index contributed by atoms with van der Waals surface area (Å²) in [4.78, 5) is 40.1. The zero-order valence-electron chi connectivity index (χ0n) is 18.1. The molecule has 2 aromatic carbocycles. The maximum Gasteiger partial charge on any atom is 0.293 e. The summed E-state index contributed by atoms with van der Waals surface area (Å²) in [7, 11) is 0. The van der Waals surface area contributed by atoms with Gasteiger partial charge in [-0.1, -0.05) is 17.7 Å². The highest BCUT2D eigenvalue weighted by atomic mass is 16.2. The van der Waals surface area contributed by atoms with Gasteiger partial charge in [0.15, 0.2) is 0 Å². The van der Waals surface area contributed by atoms with Crippen molar-refractivity contribution in [2.75, 3.05) is 16.8 Å². The van der Waals surface area contributed by atoms with Crippen LogP contribution in [0.1, 0.15) is 35.4 Å². The molecule has 0 bridgehead atoms. The molecule has 2 heterocycles. The Balaban J connectivity index is 1.20. The number of tetrazole rings is 1. The predicted molar refractivity (Wildman–Crippen MR) is 120 cm³/mol. The highest BCUT2D eigenvalue weighted by Crippen LogP contribution is 2.26. The Hall–Kier alpha value is -4.08. The molecule has 0 unspecified atom stereocenters. The van der Waals surface area contributed by atoms with Crippen LogP contribution in [-0.4, -0.2) is 50.5 Å². The fourth-order valence-electron chi connectivity index (χ4n) is 3.67. The van der Waals surface area contributed by atoms with Gasteiger partial charge in [-0.2, -0.15) is 0 Å². The van der Waals surface area contributed by atoms with Gasteiger partial charge in [-0.3, -0.25) is 14.4 Å². The number of nitrogens with zero attached hydrogens (tertiary/aromatic N) is 5. The van der Waals surface area contributed by atoms with Gasteiger partial charge in [0.25, 0.3) is 11.7 Å². The molecular weight excluding hydrogens is 422 g/mol. The third-order valence-corrected chi connectivity index (χ3v) is 5.74. The minimum absolute atomic E-state index is 0.0170. The number of amides is 3. The third kappa shape index (κ3) is 4.59. The summed E-state index contributed by atoms with van der Waals surface area (Å²) in [5.74, 6) is -1.01. The summed E-state index contributed by atoms with van der Waals surface area (Å²) >= 11 is 0. The van der Waals surface area contributed by atoms with E-state index in [1.54, 1.807) is 29.2 Å². The van der Waals surface area contributed by atoms with E-state index in [0.29, 0.717) is 17.9 Å². The lowest BCUT2D eigenvalue weighted by Gasteiger charge is -2.17. The van der Waals surface area contributed by atoms with E-state index in [1.807, 2.05) is 31.2 Å². The van der Waals surface area contributed by atoms with Crippen LogP contribution >= 0.6 is 0 Å². The summed E-state index contributed by atoms with van der Waals surface area (Å²) in [6.45, 7) is 2.33. The zero-order valence-corrected chi connectivity index (χ0v) is 18.1. The Labute approximate surface area is 190 Å². The largest absolute Gasteiger partial charge is 0.346 e. The Morgan fingerprint density at radius 2 is 1.70 bits per heavy atom. The van der Waals surface area contributed by atoms with Gasteiger partial charge in [0, 0.05) is 30.4 Å². The van der Waals surface area contributed by atoms with Crippen LogP contribution in [-0.2, 0) is 9.59 Å². The van der Waals surface area contributed by atoms with Crippen LogP contribution in [0.2, 0.25) is 0 Å². The summed E-state index contributed by atoms with van der Waals surface area (Å²) in [5.41, 5.74) is 3.11. The molecular formula is C23H23N7O3. The second-order valence-electron chi connectivity index (χ2n) is 8.43. The monoisotopic (exact) mass is 445 g/mol. The second kappa shape index (κ2) is 8.45. The molecule has 1 aliphatic carbocycles. The first-order chi connectivity index (χ1) is 16.0. The Bertz CT molecular complexity index is 1200. The maximum atomic E-state index is 12.7. The van der Waals surface area contributed by atoms with Gasteiger partial charge >= 0.3 is 0 Å². The highest BCUT2D eigenvalue weighted by Gasteiger charge is 2.35. The van der Waals surface area contributed by atoms with Crippen molar-refractivity contribution >= 4 is 29.1 Å². The fourth-order valence-corrected chi connectivity index (χ4v) is 3.67. The molecule has 0 radical (unpaired) electrons. The van der Waals surface area contributed by atoms with Crippen molar-refractivity contribution in [3.8, 4) is 5.69 Å². The van der Waals surface area contributed by atoms with Crippen molar-refractivity contribution in [1.29, 1.82) is 0 Å². The van der Waals surface area contributed by atoms with Crippen molar-refractivity contribution in [1.82, 2.24) is 25.5 Å². The molecule has 2 aliphatic rings. The lowest BCUT2D eigenvalue weighted by Crippen LogP contribution is -2.28. The van der Waals surface area contributed by atoms with Gasteiger partial charge in [0.2, 0.25) is 11.8 Å². The number of hydrogen-bond acceptors (Lipinski definition) is 6. The van der Waals surface area contributed by atoms with Crippen LogP contribution in [0.15, 0.2) is 48.5 Å². The van der Waals surface area contributed by atoms with Crippen LogP contribution in [0.4, 0.5) is 11.4 Å². The van der Waals surface area contributed by atoms with Crippen LogP contribution in [0.3, 0.4) is 0 Å². The average molecular weight is 445 g/mol. The van der Waals surface area contributed by atoms with Gasteiger partial charge in [-0.25, -0.2) is 0 Å². The molecule has 1 aromatic heterocycles. The van der Waals surface area contributed by atoms with Gasteiger partial charge in [-0.15, -0.1) is 15.0 Å². The quantitative estimate of drug-likeness (QED) is 0.597. The molecule has 168 valence electrons. The SMILES string of the molecule is Cc1ccc(N2C[C@H](C(=O)Nc3ccc(-n4nnc(C(=O)NC5CC5)n4)cc3)CC2=O)cc1. The van der Waals surface area contributed by atoms with E-state index < -0.39 is 5.92 Å². The molecule has 3 amide bonds. The molecule has 0 spiro atoms. The molecule has 1 aliphatic heterocycles. The molecule has 10 nitrogen and oxygen atoms in total. The molecule has 3 aromatic rings. The summed E-state index contributed by atoms with van der Waals surface area (Å²) in [6, 6.07) is 14.8. The van der Waals surface area contributed by atoms with Crippen molar-refractivity contribution in [2.45, 2.75) is 32.2 Å². The average Bonchev–Trinajstić information content (AvgIpc) is 3.32. The van der Waals surface area contributed by atoms with Gasteiger partial charge in [0.1, 0.15) is 0 Å². The Kier molecular flexibility index (Phi) is 5.33. The van der Waals surface area contributed by atoms with E-state index >= 15 is 0 Å². The fraction of sp³-hybridized carbons (Fsp3) is 0.304. The maximum absolute atomic E-state index is 12.7. The Morgan fingerprint density at radius 1 is 1.00 bits per heavy atom. The molecule has 5 rings (SSSR count). The number of aryl methyl sites for hydroxylation is 1. The van der Waals surface area contributed by atoms with E-state index in [1.165, 1.54) is 4.80 Å². The topological polar surface area (TPSA) is 122 Å². The number of nitrogens with one attached hydrogen (secondary N) is 2.